The lowest BCUT2D eigenvalue weighted by Crippen LogP contribution is -2.16. The first-order chi connectivity index (χ1) is 5.11. The highest BCUT2D eigenvalue weighted by Gasteiger charge is 2.20. The molecule has 1 N–H and O–H groups in total. The van der Waals surface area contributed by atoms with Crippen LogP contribution in [0.3, 0.4) is 0 Å². The molecule has 0 aromatic heterocycles. The van der Waals surface area contributed by atoms with Crippen LogP contribution in [0.25, 0.3) is 0 Å². The van der Waals surface area contributed by atoms with Crippen molar-refractivity contribution in [2.75, 3.05) is 0 Å². The topological polar surface area (TPSA) is 20.2 Å². The van der Waals surface area contributed by atoms with E-state index < -0.39 is 0 Å². The molecular formula is C10H18O. The van der Waals surface area contributed by atoms with Crippen molar-refractivity contribution in [3.63, 3.8) is 0 Å². The molecule has 1 heteroatoms. The number of aliphatic hydroxyl groups is 1. The van der Waals surface area contributed by atoms with Crippen molar-refractivity contribution in [1.29, 1.82) is 0 Å². The molecule has 64 valence electrons. The van der Waals surface area contributed by atoms with Gasteiger partial charge in [0.1, 0.15) is 0 Å². The Kier molecular flexibility index (Phi) is 2.72. The maximum Gasteiger partial charge on any atom is 0.0773 e. The highest BCUT2D eigenvalue weighted by atomic mass is 16.3. The van der Waals surface area contributed by atoms with Crippen molar-refractivity contribution in [2.45, 2.75) is 39.7 Å². The van der Waals surface area contributed by atoms with Crippen molar-refractivity contribution < 1.29 is 5.11 Å². The molecule has 0 fully saturated rings. The molecule has 0 heterocycles. The minimum absolute atomic E-state index is 0.194. The molecule has 0 aromatic carbocycles. The SMILES string of the molecule is CC(C)[C@@H](O)C1=CC[C@@H](C)C1. The van der Waals surface area contributed by atoms with Crippen molar-refractivity contribution >= 4 is 0 Å². The summed E-state index contributed by atoms with van der Waals surface area (Å²) >= 11 is 0. The van der Waals surface area contributed by atoms with Gasteiger partial charge in [0, 0.05) is 0 Å². The van der Waals surface area contributed by atoms with Gasteiger partial charge >= 0.3 is 0 Å². The molecule has 1 aliphatic rings. The minimum atomic E-state index is -0.194. The fourth-order valence-corrected chi connectivity index (χ4v) is 1.59. The van der Waals surface area contributed by atoms with E-state index in [2.05, 4.69) is 26.8 Å². The third-order valence-electron chi connectivity index (χ3n) is 2.38. The van der Waals surface area contributed by atoms with Crippen LogP contribution in [0.1, 0.15) is 33.6 Å². The summed E-state index contributed by atoms with van der Waals surface area (Å²) in [5.74, 6) is 1.12. The molecule has 0 spiro atoms. The molecule has 0 saturated heterocycles. The standard InChI is InChI=1S/C10H18O/c1-7(2)10(11)9-5-4-8(3)6-9/h5,7-8,10-11H,4,6H2,1-3H3/t8-,10-/m1/s1. The van der Waals surface area contributed by atoms with Crippen LogP contribution in [-0.4, -0.2) is 11.2 Å². The second-order valence-electron chi connectivity index (χ2n) is 4.01. The summed E-state index contributed by atoms with van der Waals surface area (Å²) in [7, 11) is 0. The Morgan fingerprint density at radius 1 is 1.55 bits per heavy atom. The van der Waals surface area contributed by atoms with Crippen LogP contribution in [0.15, 0.2) is 11.6 Å². The normalized spacial score (nSPS) is 27.4. The largest absolute Gasteiger partial charge is 0.388 e. The van der Waals surface area contributed by atoms with Crippen LogP contribution in [-0.2, 0) is 0 Å². The average molecular weight is 154 g/mol. The number of hydrogen-bond acceptors (Lipinski definition) is 1. The first-order valence-corrected chi connectivity index (χ1v) is 4.48. The van der Waals surface area contributed by atoms with Gasteiger partial charge in [-0.25, -0.2) is 0 Å². The van der Waals surface area contributed by atoms with Crippen LogP contribution in [0.5, 0.6) is 0 Å². The van der Waals surface area contributed by atoms with Gasteiger partial charge in [-0.05, 0) is 30.3 Å². The van der Waals surface area contributed by atoms with Crippen LogP contribution in [0, 0.1) is 11.8 Å². The van der Waals surface area contributed by atoms with Gasteiger partial charge < -0.3 is 5.11 Å². The summed E-state index contributed by atoms with van der Waals surface area (Å²) in [6.07, 6.45) is 4.26. The zero-order chi connectivity index (χ0) is 8.43. The molecule has 1 nitrogen and oxygen atoms in total. The van der Waals surface area contributed by atoms with E-state index in [1.807, 2.05) is 0 Å². The number of aliphatic hydroxyl groups excluding tert-OH is 1. The molecule has 0 saturated carbocycles. The molecule has 11 heavy (non-hydrogen) atoms. The van der Waals surface area contributed by atoms with Crippen LogP contribution >= 0.6 is 0 Å². The van der Waals surface area contributed by atoms with Gasteiger partial charge in [-0.15, -0.1) is 0 Å². The maximum atomic E-state index is 9.68. The van der Waals surface area contributed by atoms with Crippen molar-refractivity contribution in [3.05, 3.63) is 11.6 Å². The molecule has 0 bridgehead atoms. The lowest BCUT2D eigenvalue weighted by Gasteiger charge is -2.16. The Balaban J connectivity index is 2.49. The van der Waals surface area contributed by atoms with Gasteiger partial charge in [-0.1, -0.05) is 26.8 Å². The zero-order valence-electron chi connectivity index (χ0n) is 7.67. The highest BCUT2D eigenvalue weighted by molar-refractivity contribution is 5.14. The molecule has 0 aromatic rings. The Bertz CT molecular complexity index is 158. The van der Waals surface area contributed by atoms with Crippen LogP contribution < -0.4 is 0 Å². The summed E-state index contributed by atoms with van der Waals surface area (Å²) in [4.78, 5) is 0. The molecule has 0 unspecified atom stereocenters. The highest BCUT2D eigenvalue weighted by Crippen LogP contribution is 2.28. The number of rotatable bonds is 2. The van der Waals surface area contributed by atoms with Gasteiger partial charge in [0.25, 0.3) is 0 Å². The van der Waals surface area contributed by atoms with Crippen molar-refractivity contribution in [1.82, 2.24) is 0 Å². The quantitative estimate of drug-likeness (QED) is 0.605. The van der Waals surface area contributed by atoms with Crippen LogP contribution in [0.2, 0.25) is 0 Å². The lowest BCUT2D eigenvalue weighted by molar-refractivity contribution is 0.156. The third kappa shape index (κ3) is 2.06. The van der Waals surface area contributed by atoms with Crippen molar-refractivity contribution in [3.8, 4) is 0 Å². The molecule has 2 atom stereocenters. The maximum absolute atomic E-state index is 9.68. The Labute approximate surface area is 69.1 Å². The molecule has 1 rings (SSSR count). The Morgan fingerprint density at radius 2 is 2.18 bits per heavy atom. The first-order valence-electron chi connectivity index (χ1n) is 4.48. The lowest BCUT2D eigenvalue weighted by atomic mass is 9.97. The van der Waals surface area contributed by atoms with Crippen molar-refractivity contribution in [2.24, 2.45) is 11.8 Å². The van der Waals surface area contributed by atoms with E-state index in [4.69, 9.17) is 0 Å². The summed E-state index contributed by atoms with van der Waals surface area (Å²) in [6.45, 7) is 6.36. The van der Waals surface area contributed by atoms with Gasteiger partial charge in [0.15, 0.2) is 0 Å². The summed E-state index contributed by atoms with van der Waals surface area (Å²) in [5.41, 5.74) is 1.26. The van der Waals surface area contributed by atoms with E-state index >= 15 is 0 Å². The predicted molar refractivity (Wildman–Crippen MR) is 47.3 cm³/mol. The van der Waals surface area contributed by atoms with E-state index in [1.165, 1.54) is 5.57 Å². The molecular weight excluding hydrogens is 136 g/mol. The minimum Gasteiger partial charge on any atom is -0.388 e. The van der Waals surface area contributed by atoms with Gasteiger partial charge in [0.05, 0.1) is 6.10 Å². The molecule has 0 amide bonds. The zero-order valence-corrected chi connectivity index (χ0v) is 7.67. The Morgan fingerprint density at radius 3 is 2.55 bits per heavy atom. The van der Waals surface area contributed by atoms with E-state index in [0.717, 1.165) is 18.8 Å². The molecule has 1 aliphatic carbocycles. The first kappa shape index (κ1) is 8.79. The second kappa shape index (κ2) is 3.40. The molecule has 0 aliphatic heterocycles. The fourth-order valence-electron chi connectivity index (χ4n) is 1.59. The van der Waals surface area contributed by atoms with E-state index in [1.54, 1.807) is 0 Å². The summed E-state index contributed by atoms with van der Waals surface area (Å²) < 4.78 is 0. The van der Waals surface area contributed by atoms with E-state index in [0.29, 0.717) is 5.92 Å². The Hall–Kier alpha value is -0.300. The average Bonchev–Trinajstić information content (AvgIpc) is 2.34. The van der Waals surface area contributed by atoms with Gasteiger partial charge in [0.2, 0.25) is 0 Å². The smallest absolute Gasteiger partial charge is 0.0773 e. The number of hydrogen-bond donors (Lipinski definition) is 1. The fraction of sp³-hybridized carbons (Fsp3) is 0.800. The predicted octanol–water partition coefficient (Wildman–Crippen LogP) is 2.36. The summed E-state index contributed by atoms with van der Waals surface area (Å²) in [6, 6.07) is 0. The van der Waals surface area contributed by atoms with Crippen LogP contribution in [0.4, 0.5) is 0 Å². The van der Waals surface area contributed by atoms with Gasteiger partial charge in [-0.3, -0.25) is 0 Å². The third-order valence-corrected chi connectivity index (χ3v) is 2.38. The van der Waals surface area contributed by atoms with Gasteiger partial charge in [-0.2, -0.15) is 0 Å². The molecule has 0 radical (unpaired) electrons. The van der Waals surface area contributed by atoms with E-state index in [-0.39, 0.29) is 6.10 Å². The second-order valence-corrected chi connectivity index (χ2v) is 4.01. The van der Waals surface area contributed by atoms with E-state index in [9.17, 15) is 5.11 Å². The monoisotopic (exact) mass is 154 g/mol. The number of allylic oxidation sites excluding steroid dienone is 1. The summed E-state index contributed by atoms with van der Waals surface area (Å²) in [5, 5.41) is 9.68.